The summed E-state index contributed by atoms with van der Waals surface area (Å²) in [7, 11) is 0. The van der Waals surface area contributed by atoms with Gasteiger partial charge in [-0.25, -0.2) is 0 Å². The van der Waals surface area contributed by atoms with Gasteiger partial charge in [0, 0.05) is 25.3 Å². The lowest BCUT2D eigenvalue weighted by atomic mass is 9.85. The molecule has 3 aliphatic rings. The second kappa shape index (κ2) is 6.44. The summed E-state index contributed by atoms with van der Waals surface area (Å²) in [5.41, 5.74) is 6.11. The van der Waals surface area contributed by atoms with Crippen LogP contribution in [0.3, 0.4) is 0 Å². The van der Waals surface area contributed by atoms with Gasteiger partial charge in [-0.1, -0.05) is 23.8 Å². The molecule has 4 heteroatoms. The van der Waals surface area contributed by atoms with Crippen LogP contribution in [-0.2, 0) is 9.53 Å². The van der Waals surface area contributed by atoms with Crippen molar-refractivity contribution in [3.63, 3.8) is 0 Å². The molecule has 4 nitrogen and oxygen atoms in total. The van der Waals surface area contributed by atoms with Crippen molar-refractivity contribution in [1.82, 2.24) is 4.90 Å². The van der Waals surface area contributed by atoms with Gasteiger partial charge in [-0.2, -0.15) is 0 Å². The lowest BCUT2D eigenvalue weighted by molar-refractivity contribution is -0.117. The highest BCUT2D eigenvalue weighted by Crippen LogP contribution is 2.36. The number of rotatable bonds is 3. The van der Waals surface area contributed by atoms with Gasteiger partial charge in [-0.05, 0) is 49.5 Å². The maximum Gasteiger partial charge on any atom is 0.274 e. The molecule has 0 bridgehead atoms. The maximum atomic E-state index is 12.9. The van der Waals surface area contributed by atoms with E-state index in [0.717, 1.165) is 37.4 Å². The van der Waals surface area contributed by atoms with Gasteiger partial charge in [-0.15, -0.1) is 0 Å². The molecule has 2 heterocycles. The van der Waals surface area contributed by atoms with Crippen molar-refractivity contribution in [2.75, 3.05) is 37.7 Å². The van der Waals surface area contributed by atoms with Crippen molar-refractivity contribution in [1.29, 1.82) is 0 Å². The summed E-state index contributed by atoms with van der Waals surface area (Å²) >= 11 is 0. The van der Waals surface area contributed by atoms with Crippen LogP contribution in [0, 0.1) is 0 Å². The van der Waals surface area contributed by atoms with Crippen LogP contribution in [-0.4, -0.2) is 43.7 Å². The Morgan fingerprint density at radius 1 is 1.00 bits per heavy atom. The minimum absolute atomic E-state index is 0.120. The highest BCUT2D eigenvalue weighted by atomic mass is 16.5. The Kier molecular flexibility index (Phi) is 4.15. The smallest absolute Gasteiger partial charge is 0.274 e. The maximum absolute atomic E-state index is 12.9. The molecule has 1 aromatic carbocycles. The van der Waals surface area contributed by atoms with E-state index in [1.165, 1.54) is 29.6 Å². The Bertz CT molecular complexity index is 697. The molecule has 1 aliphatic carbocycles. The minimum atomic E-state index is 0.120. The summed E-state index contributed by atoms with van der Waals surface area (Å²) in [4.78, 5) is 17.0. The van der Waals surface area contributed by atoms with Gasteiger partial charge in [0.05, 0.1) is 18.9 Å². The van der Waals surface area contributed by atoms with Crippen LogP contribution in [0.1, 0.15) is 31.7 Å². The van der Waals surface area contributed by atoms with Crippen LogP contribution >= 0.6 is 0 Å². The molecule has 0 N–H and O–H groups in total. The molecule has 1 amide bonds. The third-order valence-corrected chi connectivity index (χ3v) is 5.30. The first kappa shape index (κ1) is 15.5. The fourth-order valence-corrected chi connectivity index (χ4v) is 3.71. The molecule has 0 spiro atoms. The molecule has 0 unspecified atom stereocenters. The van der Waals surface area contributed by atoms with Crippen molar-refractivity contribution < 1.29 is 9.53 Å². The Morgan fingerprint density at radius 3 is 2.38 bits per heavy atom. The van der Waals surface area contributed by atoms with Gasteiger partial charge in [0.15, 0.2) is 0 Å². The number of benzene rings is 1. The summed E-state index contributed by atoms with van der Waals surface area (Å²) in [6, 6.07) is 8.50. The number of allylic oxidation sites excluding steroid dienone is 2. The Morgan fingerprint density at radius 2 is 1.75 bits per heavy atom. The minimum Gasteiger partial charge on any atom is -0.378 e. The Labute approximate surface area is 143 Å². The number of hydrogen-bond acceptors (Lipinski definition) is 3. The van der Waals surface area contributed by atoms with E-state index in [-0.39, 0.29) is 5.91 Å². The lowest BCUT2D eigenvalue weighted by Gasteiger charge is -2.35. The number of carbonyl (C=O) groups is 1. The number of amides is 1. The first-order chi connectivity index (χ1) is 11.7. The SMILES string of the molecule is CC1=C(c2ccc(N3CCC=C(N4CCOCC4)C3=O)cc2)CC1. The van der Waals surface area contributed by atoms with Gasteiger partial charge in [0.25, 0.3) is 5.91 Å². The average Bonchev–Trinajstić information content (AvgIpc) is 2.62. The van der Waals surface area contributed by atoms with E-state index in [1.807, 2.05) is 4.90 Å². The third kappa shape index (κ3) is 2.75. The van der Waals surface area contributed by atoms with E-state index >= 15 is 0 Å². The molecule has 0 aromatic heterocycles. The molecule has 0 radical (unpaired) electrons. The van der Waals surface area contributed by atoms with E-state index in [2.05, 4.69) is 42.2 Å². The van der Waals surface area contributed by atoms with Crippen LogP contribution in [0.2, 0.25) is 0 Å². The molecule has 0 saturated carbocycles. The Balaban J connectivity index is 1.53. The molecule has 1 saturated heterocycles. The van der Waals surface area contributed by atoms with Crippen LogP contribution in [0.15, 0.2) is 41.6 Å². The summed E-state index contributed by atoms with van der Waals surface area (Å²) in [5, 5.41) is 0. The van der Waals surface area contributed by atoms with E-state index in [1.54, 1.807) is 0 Å². The Hall–Kier alpha value is -2.07. The van der Waals surface area contributed by atoms with Gasteiger partial charge in [0.2, 0.25) is 0 Å². The first-order valence-electron chi connectivity index (χ1n) is 8.88. The quantitative estimate of drug-likeness (QED) is 0.856. The molecule has 1 aromatic rings. The predicted octanol–water partition coefficient (Wildman–Crippen LogP) is 3.21. The summed E-state index contributed by atoms with van der Waals surface area (Å²) in [5.74, 6) is 0.120. The summed E-state index contributed by atoms with van der Waals surface area (Å²) in [6.07, 6.45) is 5.39. The molecule has 24 heavy (non-hydrogen) atoms. The van der Waals surface area contributed by atoms with E-state index in [4.69, 9.17) is 4.74 Å². The van der Waals surface area contributed by atoms with E-state index in [0.29, 0.717) is 13.2 Å². The van der Waals surface area contributed by atoms with Crippen molar-refractivity contribution >= 4 is 17.2 Å². The van der Waals surface area contributed by atoms with Crippen LogP contribution in [0.25, 0.3) is 5.57 Å². The summed E-state index contributed by atoms with van der Waals surface area (Å²) < 4.78 is 5.40. The molecule has 4 rings (SSSR count). The van der Waals surface area contributed by atoms with Crippen molar-refractivity contribution in [3.8, 4) is 0 Å². The topological polar surface area (TPSA) is 32.8 Å². The molecule has 0 atom stereocenters. The predicted molar refractivity (Wildman–Crippen MR) is 95.7 cm³/mol. The first-order valence-corrected chi connectivity index (χ1v) is 8.88. The van der Waals surface area contributed by atoms with Crippen molar-refractivity contribution in [3.05, 3.63) is 47.2 Å². The van der Waals surface area contributed by atoms with Crippen LogP contribution in [0.5, 0.6) is 0 Å². The fraction of sp³-hybridized carbons (Fsp3) is 0.450. The second-order valence-electron chi connectivity index (χ2n) is 6.74. The standard InChI is InChI=1S/C20H24N2O2/c1-15-4-9-18(15)16-5-7-17(8-6-16)22-10-2-3-19(20(22)23)21-11-13-24-14-12-21/h3,5-8H,2,4,9-14H2,1H3. The second-order valence-corrected chi connectivity index (χ2v) is 6.74. The van der Waals surface area contributed by atoms with Crippen molar-refractivity contribution in [2.24, 2.45) is 0 Å². The molecule has 126 valence electrons. The molecular formula is C20H24N2O2. The zero-order chi connectivity index (χ0) is 16.5. The number of hydrogen-bond donors (Lipinski definition) is 0. The highest BCUT2D eigenvalue weighted by molar-refractivity contribution is 6.06. The van der Waals surface area contributed by atoms with Crippen LogP contribution in [0.4, 0.5) is 5.69 Å². The zero-order valence-corrected chi connectivity index (χ0v) is 14.3. The fourth-order valence-electron chi connectivity index (χ4n) is 3.71. The van der Waals surface area contributed by atoms with E-state index in [9.17, 15) is 4.79 Å². The number of morpholine rings is 1. The average molecular weight is 324 g/mol. The monoisotopic (exact) mass is 324 g/mol. The largest absolute Gasteiger partial charge is 0.378 e. The van der Waals surface area contributed by atoms with Gasteiger partial charge >= 0.3 is 0 Å². The zero-order valence-electron chi connectivity index (χ0n) is 14.3. The van der Waals surface area contributed by atoms with Gasteiger partial charge in [-0.3, -0.25) is 4.79 Å². The van der Waals surface area contributed by atoms with Crippen LogP contribution < -0.4 is 4.90 Å². The van der Waals surface area contributed by atoms with Gasteiger partial charge < -0.3 is 14.5 Å². The number of ether oxygens (including phenoxy) is 1. The normalized spacial score (nSPS) is 21.7. The lowest BCUT2D eigenvalue weighted by Crippen LogP contribution is -2.45. The summed E-state index contributed by atoms with van der Waals surface area (Å²) in [6.45, 7) is 5.98. The van der Waals surface area contributed by atoms with Crippen molar-refractivity contribution in [2.45, 2.75) is 26.2 Å². The molecule has 1 fully saturated rings. The molecular weight excluding hydrogens is 300 g/mol. The third-order valence-electron chi connectivity index (χ3n) is 5.30. The molecule has 2 aliphatic heterocycles. The highest BCUT2D eigenvalue weighted by Gasteiger charge is 2.28. The van der Waals surface area contributed by atoms with E-state index < -0.39 is 0 Å². The number of carbonyl (C=O) groups excluding carboxylic acids is 1. The number of anilines is 1. The number of nitrogens with zero attached hydrogens (tertiary/aromatic N) is 2. The van der Waals surface area contributed by atoms with Gasteiger partial charge in [0.1, 0.15) is 0 Å².